The molecule has 0 radical (unpaired) electrons. The van der Waals surface area contributed by atoms with Crippen molar-refractivity contribution in [1.29, 1.82) is 0 Å². The number of carbonyl (C=O) groups excluding carboxylic acids is 2. The van der Waals surface area contributed by atoms with E-state index in [4.69, 9.17) is 4.42 Å². The normalized spacial score (nSPS) is 11.4. The Hall–Kier alpha value is -3.21. The first-order valence-corrected chi connectivity index (χ1v) is 12.2. The number of nitrogens with one attached hydrogen (secondary N) is 2. The summed E-state index contributed by atoms with van der Waals surface area (Å²) in [7, 11) is 0. The molecule has 168 valence electrons. The van der Waals surface area contributed by atoms with E-state index < -0.39 is 5.91 Å². The zero-order valence-electron chi connectivity index (χ0n) is 17.3. The topological polar surface area (TPSA) is 104 Å². The van der Waals surface area contributed by atoms with Crippen molar-refractivity contribution in [2.45, 2.75) is 13.5 Å². The molecular formula is C23H18BrN3O4S2. The smallest absolute Gasteiger partial charge is 0.281 e. The van der Waals surface area contributed by atoms with Crippen LogP contribution in [0.25, 0.3) is 10.4 Å². The van der Waals surface area contributed by atoms with Crippen LogP contribution in [0.4, 0.5) is 0 Å². The molecule has 1 aromatic carbocycles. The van der Waals surface area contributed by atoms with Gasteiger partial charge in [0.05, 0.1) is 38.7 Å². The van der Waals surface area contributed by atoms with Crippen molar-refractivity contribution < 1.29 is 19.1 Å². The fraction of sp³-hybridized carbons (Fsp3) is 0.0870. The van der Waals surface area contributed by atoms with Crippen LogP contribution < -0.4 is 10.7 Å². The van der Waals surface area contributed by atoms with E-state index in [0.717, 1.165) is 26.3 Å². The molecule has 3 aromatic heterocycles. The van der Waals surface area contributed by atoms with E-state index in [1.54, 1.807) is 36.6 Å². The van der Waals surface area contributed by atoms with Crippen LogP contribution in [0.3, 0.4) is 0 Å². The minimum Gasteiger partial charge on any atom is -0.506 e. The quantitative estimate of drug-likeness (QED) is 0.208. The lowest BCUT2D eigenvalue weighted by Crippen LogP contribution is -2.21. The molecule has 7 nitrogen and oxygen atoms in total. The number of hydrogen-bond donors (Lipinski definition) is 3. The van der Waals surface area contributed by atoms with Crippen LogP contribution in [0.5, 0.6) is 5.75 Å². The fourth-order valence-corrected chi connectivity index (χ4v) is 5.00. The molecule has 0 fully saturated rings. The Labute approximate surface area is 205 Å². The summed E-state index contributed by atoms with van der Waals surface area (Å²) < 4.78 is 6.14. The van der Waals surface area contributed by atoms with Crippen molar-refractivity contribution >= 4 is 56.1 Å². The van der Waals surface area contributed by atoms with Crippen LogP contribution in [0.15, 0.2) is 74.2 Å². The second kappa shape index (κ2) is 10.2. The zero-order valence-corrected chi connectivity index (χ0v) is 20.5. The summed E-state index contributed by atoms with van der Waals surface area (Å²) in [4.78, 5) is 26.2. The summed E-state index contributed by atoms with van der Waals surface area (Å²) in [5, 5.41) is 19.3. The molecule has 0 bridgehead atoms. The van der Waals surface area contributed by atoms with Crippen molar-refractivity contribution in [3.63, 3.8) is 0 Å². The lowest BCUT2D eigenvalue weighted by atomic mass is 10.1. The predicted octanol–water partition coefficient (Wildman–Crippen LogP) is 5.62. The van der Waals surface area contributed by atoms with Gasteiger partial charge in [0.1, 0.15) is 11.5 Å². The number of furan rings is 1. The second-order valence-electron chi connectivity index (χ2n) is 6.90. The number of halogens is 1. The van der Waals surface area contributed by atoms with Crippen LogP contribution in [-0.2, 0) is 6.54 Å². The van der Waals surface area contributed by atoms with Crippen molar-refractivity contribution in [1.82, 2.24) is 10.7 Å². The molecule has 0 saturated heterocycles. The van der Waals surface area contributed by atoms with E-state index in [0.29, 0.717) is 26.8 Å². The molecule has 10 heteroatoms. The average Bonchev–Trinajstić information content (AvgIpc) is 3.57. The Kier molecular flexibility index (Phi) is 7.07. The highest BCUT2D eigenvalue weighted by atomic mass is 79.9. The van der Waals surface area contributed by atoms with E-state index >= 15 is 0 Å². The first-order valence-electron chi connectivity index (χ1n) is 9.74. The van der Waals surface area contributed by atoms with Gasteiger partial charge in [-0.25, -0.2) is 5.43 Å². The molecule has 0 aliphatic rings. The number of amides is 2. The van der Waals surface area contributed by atoms with E-state index in [-0.39, 0.29) is 18.2 Å². The first-order chi connectivity index (χ1) is 15.9. The van der Waals surface area contributed by atoms with Crippen LogP contribution >= 0.6 is 38.6 Å². The van der Waals surface area contributed by atoms with Crippen LogP contribution in [0.2, 0.25) is 0 Å². The van der Waals surface area contributed by atoms with Crippen molar-refractivity contribution in [3.05, 3.63) is 85.7 Å². The van der Waals surface area contributed by atoms with Gasteiger partial charge in [0.2, 0.25) is 0 Å². The molecule has 3 N–H and O–H groups in total. The molecule has 4 aromatic rings. The van der Waals surface area contributed by atoms with Gasteiger partial charge in [-0.15, -0.1) is 22.7 Å². The Morgan fingerprint density at radius 2 is 1.82 bits per heavy atom. The zero-order chi connectivity index (χ0) is 23.4. The van der Waals surface area contributed by atoms with Crippen LogP contribution in [0, 0.1) is 0 Å². The summed E-state index contributed by atoms with van der Waals surface area (Å²) >= 11 is 5.86. The Morgan fingerprint density at radius 3 is 2.52 bits per heavy atom. The second-order valence-corrected chi connectivity index (χ2v) is 9.78. The van der Waals surface area contributed by atoms with Crippen LogP contribution in [0.1, 0.15) is 37.6 Å². The predicted molar refractivity (Wildman–Crippen MR) is 133 cm³/mol. The van der Waals surface area contributed by atoms with E-state index in [2.05, 4.69) is 31.8 Å². The highest BCUT2D eigenvalue weighted by Crippen LogP contribution is 2.39. The van der Waals surface area contributed by atoms with Crippen molar-refractivity contribution in [2.24, 2.45) is 5.10 Å². The third-order valence-electron chi connectivity index (χ3n) is 4.64. The summed E-state index contributed by atoms with van der Waals surface area (Å²) in [6.07, 6.45) is 1.54. The molecule has 0 unspecified atom stereocenters. The van der Waals surface area contributed by atoms with E-state index in [1.807, 2.05) is 24.3 Å². The van der Waals surface area contributed by atoms with Gasteiger partial charge in [-0.05, 0) is 48.9 Å². The lowest BCUT2D eigenvalue weighted by Gasteiger charge is -2.03. The molecule has 33 heavy (non-hydrogen) atoms. The van der Waals surface area contributed by atoms with Gasteiger partial charge < -0.3 is 14.8 Å². The minimum absolute atomic E-state index is 0.115. The maximum Gasteiger partial charge on any atom is 0.281 e. The molecule has 4 rings (SSSR count). The molecule has 3 heterocycles. The number of rotatable bonds is 7. The highest BCUT2D eigenvalue weighted by molar-refractivity contribution is 9.10. The van der Waals surface area contributed by atoms with Crippen molar-refractivity contribution in [2.75, 3.05) is 0 Å². The van der Waals surface area contributed by atoms with Gasteiger partial charge in [0.15, 0.2) is 0 Å². The van der Waals surface area contributed by atoms with Gasteiger partial charge >= 0.3 is 0 Å². The van der Waals surface area contributed by atoms with Gasteiger partial charge in [-0.1, -0.05) is 28.1 Å². The van der Waals surface area contributed by atoms with Gasteiger partial charge in [0.25, 0.3) is 11.8 Å². The largest absolute Gasteiger partial charge is 0.506 e. The maximum absolute atomic E-state index is 12.5. The summed E-state index contributed by atoms with van der Waals surface area (Å²) in [5.74, 6) is 0.0261. The molecule has 2 amide bonds. The minimum atomic E-state index is -0.438. The van der Waals surface area contributed by atoms with Crippen LogP contribution in [-0.4, -0.2) is 22.6 Å². The number of aromatic hydroxyl groups is 1. The van der Waals surface area contributed by atoms with Crippen molar-refractivity contribution in [3.8, 4) is 16.2 Å². The summed E-state index contributed by atoms with van der Waals surface area (Å²) in [6.45, 7) is 1.97. The maximum atomic E-state index is 12.5. The van der Waals surface area contributed by atoms with Gasteiger partial charge in [0, 0.05) is 9.85 Å². The monoisotopic (exact) mass is 543 g/mol. The molecule has 0 atom stereocenters. The summed E-state index contributed by atoms with van der Waals surface area (Å²) in [5.41, 5.74) is 4.39. The lowest BCUT2D eigenvalue weighted by molar-refractivity contribution is 0.0948. The van der Waals surface area contributed by atoms with E-state index in [9.17, 15) is 14.7 Å². The van der Waals surface area contributed by atoms with Gasteiger partial charge in [-0.2, -0.15) is 5.10 Å². The molecular weight excluding hydrogens is 526 g/mol. The molecule has 0 aliphatic heterocycles. The Bertz CT molecular complexity index is 1310. The number of hydrazone groups is 1. The number of carbonyl (C=O) groups is 2. The highest BCUT2D eigenvalue weighted by Gasteiger charge is 2.16. The number of benzene rings is 1. The molecule has 0 aliphatic carbocycles. The number of nitrogens with zero attached hydrogens (tertiary/aromatic N) is 1. The third kappa shape index (κ3) is 5.41. The number of hydrogen-bond acceptors (Lipinski definition) is 7. The standard InChI is InChI=1S/C23H18BrN3O4S2/c1-13(17-12-32-21(20(17)28)14-4-6-15(24)7-5-14)26-27-23(30)19-9-8-18(33-19)22(29)25-11-16-3-2-10-31-16/h2-10,12,28H,11H2,1H3,(H,25,29)(H,27,30). The Balaban J connectivity index is 1.39. The molecule has 0 saturated carbocycles. The first kappa shape index (κ1) is 23.0. The molecule has 0 spiro atoms. The SMILES string of the molecule is CC(=NNC(=O)c1ccc(C(=O)NCc2ccco2)s1)c1csc(-c2ccc(Br)cc2)c1O. The fourth-order valence-electron chi connectivity index (χ4n) is 2.91. The van der Waals surface area contributed by atoms with E-state index in [1.165, 1.54) is 17.6 Å². The average molecular weight is 544 g/mol. The Morgan fingerprint density at radius 1 is 1.09 bits per heavy atom. The number of thiophene rings is 2. The van der Waals surface area contributed by atoms with Gasteiger partial charge in [-0.3, -0.25) is 9.59 Å². The third-order valence-corrected chi connectivity index (χ3v) is 7.27. The summed E-state index contributed by atoms with van der Waals surface area (Å²) in [6, 6.07) is 14.3.